The number of piperazine rings is 1. The number of benzene rings is 1. The molecular formula is C27H38N4O2. The number of carbonyl (C=O) groups is 1. The van der Waals surface area contributed by atoms with E-state index in [0.717, 1.165) is 74.9 Å². The van der Waals surface area contributed by atoms with Gasteiger partial charge in [-0.1, -0.05) is 32.0 Å². The van der Waals surface area contributed by atoms with Crippen molar-refractivity contribution >= 4 is 11.7 Å². The fraction of sp³-hybridized carbons (Fsp3) is 0.556. The molecule has 0 radical (unpaired) electrons. The molecule has 0 aliphatic carbocycles. The highest BCUT2D eigenvalue weighted by Gasteiger charge is 2.27. The van der Waals surface area contributed by atoms with Gasteiger partial charge in [0.05, 0.1) is 0 Å². The van der Waals surface area contributed by atoms with Crippen molar-refractivity contribution in [2.24, 2.45) is 5.92 Å². The van der Waals surface area contributed by atoms with Crippen molar-refractivity contribution in [2.45, 2.75) is 39.5 Å². The van der Waals surface area contributed by atoms with Crippen molar-refractivity contribution in [1.29, 1.82) is 0 Å². The van der Waals surface area contributed by atoms with Crippen LogP contribution in [0.1, 0.15) is 43.7 Å². The fourth-order valence-corrected chi connectivity index (χ4v) is 4.98. The SMILES string of the molecule is Cc1ccc(C(C)C)c(OCC(=O)N2CCCC(CN3CCN(c4ccccn4)CC3)C2)c1. The average Bonchev–Trinajstić information content (AvgIpc) is 2.83. The Kier molecular flexibility index (Phi) is 7.86. The molecule has 6 nitrogen and oxygen atoms in total. The first kappa shape index (κ1) is 23.6. The van der Waals surface area contributed by atoms with Crippen LogP contribution in [0.3, 0.4) is 0 Å². The highest BCUT2D eigenvalue weighted by Crippen LogP contribution is 2.28. The lowest BCUT2D eigenvalue weighted by Crippen LogP contribution is -2.50. The fourth-order valence-electron chi connectivity index (χ4n) is 4.98. The van der Waals surface area contributed by atoms with Gasteiger partial charge < -0.3 is 14.5 Å². The van der Waals surface area contributed by atoms with Crippen molar-refractivity contribution in [2.75, 3.05) is 57.3 Å². The van der Waals surface area contributed by atoms with E-state index in [1.807, 2.05) is 23.2 Å². The Bertz CT molecular complexity index is 910. The maximum Gasteiger partial charge on any atom is 0.260 e. The third-order valence-corrected chi connectivity index (χ3v) is 6.88. The van der Waals surface area contributed by atoms with E-state index >= 15 is 0 Å². The lowest BCUT2D eigenvalue weighted by atomic mass is 9.97. The summed E-state index contributed by atoms with van der Waals surface area (Å²) in [5.41, 5.74) is 2.32. The summed E-state index contributed by atoms with van der Waals surface area (Å²) < 4.78 is 6.02. The van der Waals surface area contributed by atoms with Crippen LogP contribution in [0.4, 0.5) is 5.82 Å². The van der Waals surface area contributed by atoms with Crippen molar-refractivity contribution in [3.63, 3.8) is 0 Å². The van der Waals surface area contributed by atoms with Crippen molar-refractivity contribution in [1.82, 2.24) is 14.8 Å². The zero-order chi connectivity index (χ0) is 23.2. The summed E-state index contributed by atoms with van der Waals surface area (Å²) in [5.74, 6) is 2.93. The van der Waals surface area contributed by atoms with Gasteiger partial charge in [-0.25, -0.2) is 4.98 Å². The molecule has 1 unspecified atom stereocenters. The molecule has 2 aliphatic heterocycles. The van der Waals surface area contributed by atoms with Crippen LogP contribution in [0.5, 0.6) is 5.75 Å². The highest BCUT2D eigenvalue weighted by molar-refractivity contribution is 5.78. The van der Waals surface area contributed by atoms with Gasteiger partial charge in [-0.05, 0) is 60.9 Å². The summed E-state index contributed by atoms with van der Waals surface area (Å²) in [5, 5.41) is 0. The molecule has 0 N–H and O–H groups in total. The Morgan fingerprint density at radius 3 is 2.67 bits per heavy atom. The molecule has 0 saturated carbocycles. The number of anilines is 1. The van der Waals surface area contributed by atoms with E-state index in [1.165, 1.54) is 6.42 Å². The third kappa shape index (κ3) is 6.26. The second-order valence-corrected chi connectivity index (χ2v) is 9.81. The number of amides is 1. The number of aryl methyl sites for hydroxylation is 1. The number of carbonyl (C=O) groups excluding carboxylic acids is 1. The number of likely N-dealkylation sites (tertiary alicyclic amines) is 1. The Labute approximate surface area is 198 Å². The van der Waals surface area contributed by atoms with Crippen LogP contribution in [0.2, 0.25) is 0 Å². The Morgan fingerprint density at radius 1 is 1.12 bits per heavy atom. The Balaban J connectivity index is 1.25. The van der Waals surface area contributed by atoms with Crippen molar-refractivity contribution in [3.05, 3.63) is 53.7 Å². The Hall–Kier alpha value is -2.60. The van der Waals surface area contributed by atoms with E-state index < -0.39 is 0 Å². The first-order valence-electron chi connectivity index (χ1n) is 12.4. The maximum absolute atomic E-state index is 12.9. The minimum Gasteiger partial charge on any atom is -0.483 e. The number of hydrogen-bond acceptors (Lipinski definition) is 5. The summed E-state index contributed by atoms with van der Waals surface area (Å²) in [7, 11) is 0. The lowest BCUT2D eigenvalue weighted by Gasteiger charge is -2.39. The van der Waals surface area contributed by atoms with Crippen LogP contribution in [0.25, 0.3) is 0 Å². The highest BCUT2D eigenvalue weighted by atomic mass is 16.5. The van der Waals surface area contributed by atoms with Crippen LogP contribution >= 0.6 is 0 Å². The van der Waals surface area contributed by atoms with Crippen LogP contribution in [-0.4, -0.2) is 73.1 Å². The first-order chi connectivity index (χ1) is 16.0. The monoisotopic (exact) mass is 450 g/mol. The molecule has 6 heteroatoms. The van der Waals surface area contributed by atoms with Crippen LogP contribution in [0, 0.1) is 12.8 Å². The van der Waals surface area contributed by atoms with E-state index in [4.69, 9.17) is 4.74 Å². The van der Waals surface area contributed by atoms with Crippen LogP contribution in [-0.2, 0) is 4.79 Å². The molecule has 0 spiro atoms. The molecule has 1 atom stereocenters. The van der Waals surface area contributed by atoms with Gasteiger partial charge in [0.15, 0.2) is 6.61 Å². The molecular weight excluding hydrogens is 412 g/mol. The topological polar surface area (TPSA) is 48.9 Å². The minimum atomic E-state index is 0.107. The zero-order valence-electron chi connectivity index (χ0n) is 20.4. The van der Waals surface area contributed by atoms with Gasteiger partial charge in [0.2, 0.25) is 0 Å². The first-order valence-corrected chi connectivity index (χ1v) is 12.4. The van der Waals surface area contributed by atoms with E-state index in [2.05, 4.69) is 59.8 Å². The number of rotatable bonds is 7. The van der Waals surface area contributed by atoms with Gasteiger partial charge in [0.1, 0.15) is 11.6 Å². The molecule has 2 saturated heterocycles. The number of aromatic nitrogens is 1. The summed E-state index contributed by atoms with van der Waals surface area (Å²) >= 11 is 0. The predicted octanol–water partition coefficient (Wildman–Crippen LogP) is 3.95. The van der Waals surface area contributed by atoms with Crippen LogP contribution < -0.4 is 9.64 Å². The molecule has 178 valence electrons. The molecule has 2 fully saturated rings. The van der Waals surface area contributed by atoms with Crippen LogP contribution in [0.15, 0.2) is 42.6 Å². The summed E-state index contributed by atoms with van der Waals surface area (Å²) in [6.07, 6.45) is 4.13. The molecule has 33 heavy (non-hydrogen) atoms. The standard InChI is InChI=1S/C27H38N4O2/c1-21(2)24-10-9-22(3)17-25(24)33-20-27(32)31-12-6-7-23(19-31)18-29-13-15-30(16-14-29)26-8-4-5-11-28-26/h4-5,8-11,17,21,23H,6-7,12-16,18-20H2,1-3H3. The molecule has 3 heterocycles. The molecule has 4 rings (SSSR count). The molecule has 1 aromatic carbocycles. The van der Waals surface area contributed by atoms with E-state index in [0.29, 0.717) is 11.8 Å². The van der Waals surface area contributed by atoms with Gasteiger partial charge in [-0.2, -0.15) is 0 Å². The number of ether oxygens (including phenoxy) is 1. The molecule has 2 aliphatic rings. The molecule has 1 aromatic heterocycles. The van der Waals surface area contributed by atoms with Crippen molar-refractivity contribution < 1.29 is 9.53 Å². The molecule has 1 amide bonds. The number of piperidine rings is 1. The van der Waals surface area contributed by atoms with Crippen molar-refractivity contribution in [3.8, 4) is 5.75 Å². The summed E-state index contributed by atoms with van der Waals surface area (Å²) in [6.45, 7) is 13.4. The van der Waals surface area contributed by atoms with Gasteiger partial charge in [-0.15, -0.1) is 0 Å². The largest absolute Gasteiger partial charge is 0.483 e. The third-order valence-electron chi connectivity index (χ3n) is 6.88. The van der Waals surface area contributed by atoms with Gasteiger partial charge in [-0.3, -0.25) is 9.69 Å². The molecule has 2 aromatic rings. The number of hydrogen-bond donors (Lipinski definition) is 0. The second-order valence-electron chi connectivity index (χ2n) is 9.81. The maximum atomic E-state index is 12.9. The lowest BCUT2D eigenvalue weighted by molar-refractivity contribution is -0.135. The summed E-state index contributed by atoms with van der Waals surface area (Å²) in [6, 6.07) is 12.4. The normalized spacial score (nSPS) is 19.7. The second kappa shape index (κ2) is 11.0. The van der Waals surface area contributed by atoms with E-state index in [1.54, 1.807) is 0 Å². The summed E-state index contributed by atoms with van der Waals surface area (Å²) in [4.78, 5) is 24.4. The van der Waals surface area contributed by atoms with Gasteiger partial charge in [0.25, 0.3) is 5.91 Å². The van der Waals surface area contributed by atoms with E-state index in [9.17, 15) is 4.79 Å². The predicted molar refractivity (Wildman–Crippen MR) is 133 cm³/mol. The Morgan fingerprint density at radius 2 is 1.94 bits per heavy atom. The zero-order valence-corrected chi connectivity index (χ0v) is 20.4. The smallest absolute Gasteiger partial charge is 0.260 e. The number of nitrogens with zero attached hydrogens (tertiary/aromatic N) is 4. The average molecular weight is 451 g/mol. The van der Waals surface area contributed by atoms with Gasteiger partial charge >= 0.3 is 0 Å². The quantitative estimate of drug-likeness (QED) is 0.639. The van der Waals surface area contributed by atoms with E-state index in [-0.39, 0.29) is 12.5 Å². The minimum absolute atomic E-state index is 0.107. The van der Waals surface area contributed by atoms with Gasteiger partial charge in [0, 0.05) is 52.0 Å². The molecule has 0 bridgehead atoms. The number of pyridine rings is 1.